The lowest BCUT2D eigenvalue weighted by Gasteiger charge is -2.13. The van der Waals surface area contributed by atoms with Crippen LogP contribution in [0.3, 0.4) is 0 Å². The second-order valence-corrected chi connectivity index (χ2v) is 6.11. The van der Waals surface area contributed by atoms with Crippen LogP contribution in [-0.2, 0) is 0 Å². The van der Waals surface area contributed by atoms with Crippen LogP contribution in [0.1, 0.15) is 0 Å². The van der Waals surface area contributed by atoms with E-state index in [1.807, 2.05) is 0 Å². The first kappa shape index (κ1) is 14.0. The highest BCUT2D eigenvalue weighted by atomic mass is 16.5. The van der Waals surface area contributed by atoms with Crippen LogP contribution >= 0.6 is 0 Å². The summed E-state index contributed by atoms with van der Waals surface area (Å²) in [5.41, 5.74) is 0. The normalized spacial score (nSPS) is 11.2. The lowest BCUT2D eigenvalue weighted by Crippen LogP contribution is -1.85. The molecule has 5 aromatic carbocycles. The van der Waals surface area contributed by atoms with E-state index in [0.29, 0.717) is 0 Å². The predicted molar refractivity (Wildman–Crippen MR) is 104 cm³/mol. The lowest BCUT2D eigenvalue weighted by atomic mass is 9.90. The topological polar surface area (TPSA) is 26.0 Å². The quantitative estimate of drug-likeness (QED) is 0.238. The molecule has 0 saturated carbocycles. The Hall–Kier alpha value is -3.39. The van der Waals surface area contributed by atoms with Crippen LogP contribution in [0.2, 0.25) is 0 Å². The number of benzene rings is 5. The first-order valence-electron chi connectivity index (χ1n) is 8.32. The fraction of sp³-hybridized carbons (Fsp3) is 0. The van der Waals surface area contributed by atoms with Gasteiger partial charge in [-0.3, -0.25) is 0 Å². The van der Waals surface area contributed by atoms with E-state index >= 15 is 0 Å². The zero-order chi connectivity index (χ0) is 16.6. The van der Waals surface area contributed by atoms with E-state index in [0.717, 1.165) is 0 Å². The van der Waals surface area contributed by atoms with Gasteiger partial charge >= 0.3 is 0 Å². The van der Waals surface area contributed by atoms with Crippen LogP contribution < -0.4 is 0 Å². The maximum atomic E-state index is 4.33. The molecule has 2 nitrogen and oxygen atoms in total. The zero-order valence-electron chi connectivity index (χ0n) is 13.5. The third kappa shape index (κ3) is 2.15. The average Bonchev–Trinajstić information content (AvgIpc) is 3.26. The van der Waals surface area contributed by atoms with Gasteiger partial charge in [-0.15, -0.1) is 0 Å². The highest BCUT2D eigenvalue weighted by Gasteiger charge is 2.11. The monoisotopic (exact) mass is 321 g/mol. The van der Waals surface area contributed by atoms with E-state index in [4.69, 9.17) is 0 Å². The largest absolute Gasteiger partial charge is 0.365 e. The first-order valence-corrected chi connectivity index (χ1v) is 8.32. The summed E-state index contributed by atoms with van der Waals surface area (Å²) in [5.74, 6) is 0. The third-order valence-corrected chi connectivity index (χ3v) is 4.74. The molecule has 1 heterocycles. The van der Waals surface area contributed by atoms with Crippen LogP contribution in [-0.4, -0.2) is 5.16 Å². The van der Waals surface area contributed by atoms with Gasteiger partial charge in [0.1, 0.15) is 6.26 Å². The minimum atomic E-state index is 1.33. The van der Waals surface area contributed by atoms with Gasteiger partial charge in [-0.2, -0.15) is 0 Å². The molecule has 0 radical (unpaired) electrons. The van der Waals surface area contributed by atoms with E-state index in [1.165, 1.54) is 49.4 Å². The second kappa shape index (κ2) is 5.60. The Kier molecular flexibility index (Phi) is 3.14. The van der Waals surface area contributed by atoms with E-state index in [9.17, 15) is 0 Å². The molecule has 0 aliphatic rings. The lowest BCUT2D eigenvalue weighted by molar-refractivity contribution is 0.420. The van der Waals surface area contributed by atoms with E-state index < -0.39 is 0 Å². The van der Waals surface area contributed by atoms with Crippen molar-refractivity contribution in [2.75, 3.05) is 0 Å². The molecular weight excluding hydrogens is 306 g/mol. The molecule has 0 amide bonds. The second-order valence-electron chi connectivity index (χ2n) is 6.11. The maximum absolute atomic E-state index is 4.33. The van der Waals surface area contributed by atoms with Gasteiger partial charge in [0.05, 0.1) is 6.20 Å². The van der Waals surface area contributed by atoms with Gasteiger partial charge in [0, 0.05) is 0 Å². The molecule has 25 heavy (non-hydrogen) atoms. The number of hydrogen-bond acceptors (Lipinski definition) is 2. The summed E-state index contributed by atoms with van der Waals surface area (Å²) in [7, 11) is 0. The van der Waals surface area contributed by atoms with Gasteiger partial charge in [0.15, 0.2) is 0 Å². The van der Waals surface area contributed by atoms with Gasteiger partial charge in [-0.05, 0) is 49.2 Å². The molecule has 0 aliphatic heterocycles. The van der Waals surface area contributed by atoms with Crippen molar-refractivity contribution in [3.05, 3.63) is 91.3 Å². The summed E-state index contributed by atoms with van der Waals surface area (Å²) in [4.78, 5) is 0. The Labute approximate surface area is 144 Å². The molecule has 0 spiro atoms. The summed E-state index contributed by atoms with van der Waals surface area (Å²) in [6.07, 6.45) is 3.10. The molecule has 0 saturated heterocycles. The molecule has 1 aromatic heterocycles. The maximum Gasteiger partial charge on any atom is 0.123 e. The minimum Gasteiger partial charge on any atom is -0.365 e. The van der Waals surface area contributed by atoms with Gasteiger partial charge in [0.25, 0.3) is 0 Å². The Bertz CT molecular complexity index is 1100. The van der Waals surface area contributed by atoms with Gasteiger partial charge in [-0.25, -0.2) is 0 Å². The Balaban J connectivity index is 0.000000244. The summed E-state index contributed by atoms with van der Waals surface area (Å²) < 4.78 is 4.33. The SMILES string of the molecule is c1cc2cccc3c4cccc5cccc(c(c1)c23)c54.c1cnoc1. The van der Waals surface area contributed by atoms with Crippen LogP contribution in [0, 0.1) is 0 Å². The van der Waals surface area contributed by atoms with Crippen molar-refractivity contribution >= 4 is 43.1 Å². The molecular formula is C23H15NO. The molecule has 6 rings (SSSR count). The zero-order valence-corrected chi connectivity index (χ0v) is 13.5. The number of aromatic nitrogens is 1. The summed E-state index contributed by atoms with van der Waals surface area (Å²) in [6.45, 7) is 0. The average molecular weight is 321 g/mol. The molecule has 0 atom stereocenters. The Morgan fingerprint density at radius 1 is 0.520 bits per heavy atom. The standard InChI is InChI=1S/C20H12.C3H3NO/c1-5-13-6-2-11-17-18-12-4-8-14-7-3-10-16(20(14)18)15(9-1)19(13)17;1-2-4-5-3-1/h1-12H;1-3H. The molecule has 0 fully saturated rings. The number of nitrogens with zero attached hydrogens (tertiary/aromatic N) is 1. The fourth-order valence-electron chi connectivity index (χ4n) is 3.76. The Morgan fingerprint density at radius 3 is 1.24 bits per heavy atom. The van der Waals surface area contributed by atoms with Crippen molar-refractivity contribution in [1.82, 2.24) is 5.16 Å². The van der Waals surface area contributed by atoms with E-state index in [2.05, 4.69) is 82.5 Å². The van der Waals surface area contributed by atoms with Crippen molar-refractivity contribution in [3.63, 3.8) is 0 Å². The smallest absolute Gasteiger partial charge is 0.123 e. The van der Waals surface area contributed by atoms with Gasteiger partial charge < -0.3 is 4.52 Å². The van der Waals surface area contributed by atoms with Gasteiger partial charge in [-0.1, -0.05) is 78.0 Å². The number of hydrogen-bond donors (Lipinski definition) is 0. The van der Waals surface area contributed by atoms with E-state index in [-0.39, 0.29) is 0 Å². The van der Waals surface area contributed by atoms with Crippen LogP contribution in [0.15, 0.2) is 95.8 Å². The van der Waals surface area contributed by atoms with Gasteiger partial charge in [0.2, 0.25) is 0 Å². The molecule has 0 aliphatic carbocycles. The fourth-order valence-corrected chi connectivity index (χ4v) is 3.76. The highest BCUT2D eigenvalue weighted by molar-refractivity contribution is 6.32. The van der Waals surface area contributed by atoms with Crippen LogP contribution in [0.25, 0.3) is 43.1 Å². The number of rotatable bonds is 0. The molecule has 6 aromatic rings. The molecule has 0 unspecified atom stereocenters. The van der Waals surface area contributed by atoms with Crippen molar-refractivity contribution in [1.29, 1.82) is 0 Å². The summed E-state index contributed by atoms with van der Waals surface area (Å²) in [5, 5.41) is 14.2. The highest BCUT2D eigenvalue weighted by Crippen LogP contribution is 2.39. The number of fused-ring (bicyclic) bond motifs is 2. The third-order valence-electron chi connectivity index (χ3n) is 4.74. The van der Waals surface area contributed by atoms with Crippen molar-refractivity contribution in [2.24, 2.45) is 0 Å². The van der Waals surface area contributed by atoms with Crippen molar-refractivity contribution in [3.8, 4) is 0 Å². The molecule has 0 N–H and O–H groups in total. The Morgan fingerprint density at radius 2 is 0.960 bits per heavy atom. The molecule has 0 bridgehead atoms. The molecule has 118 valence electrons. The predicted octanol–water partition coefficient (Wildman–Crippen LogP) is 6.41. The first-order chi connectivity index (χ1) is 12.4. The van der Waals surface area contributed by atoms with Crippen LogP contribution in [0.5, 0.6) is 0 Å². The molecule has 2 heteroatoms. The van der Waals surface area contributed by atoms with Crippen molar-refractivity contribution < 1.29 is 4.52 Å². The summed E-state index contributed by atoms with van der Waals surface area (Å²) >= 11 is 0. The van der Waals surface area contributed by atoms with Crippen LogP contribution in [0.4, 0.5) is 0 Å². The van der Waals surface area contributed by atoms with Crippen molar-refractivity contribution in [2.45, 2.75) is 0 Å². The summed E-state index contributed by atoms with van der Waals surface area (Å²) in [6, 6.07) is 28.2. The minimum absolute atomic E-state index is 1.33. The van der Waals surface area contributed by atoms with E-state index in [1.54, 1.807) is 12.3 Å².